The first-order valence-electron chi connectivity index (χ1n) is 8.34. The molecular weight excluding hydrogens is 352 g/mol. The summed E-state index contributed by atoms with van der Waals surface area (Å²) >= 11 is 0. The molecule has 0 spiro atoms. The van der Waals surface area contributed by atoms with E-state index >= 15 is 0 Å². The lowest BCUT2D eigenvalue weighted by molar-refractivity contribution is 0.0474. The Kier molecular flexibility index (Phi) is 6.69. The summed E-state index contributed by atoms with van der Waals surface area (Å²) in [5.41, 5.74) is 2.37. The van der Waals surface area contributed by atoms with E-state index in [1.54, 1.807) is 24.3 Å². The number of aryl methyl sites for hydroxylation is 1. The quantitative estimate of drug-likeness (QED) is 0.524. The van der Waals surface area contributed by atoms with E-state index in [1.165, 1.54) is 12.1 Å². The number of hydrogen-bond donors (Lipinski definition) is 0. The maximum atomic E-state index is 12.1. The largest absolute Gasteiger partial charge is 0.454 e. The second-order valence-electron chi connectivity index (χ2n) is 6.22. The predicted octanol–water partition coefficient (Wildman–Crippen LogP) is 3.22. The van der Waals surface area contributed by atoms with Gasteiger partial charge in [-0.3, -0.25) is 4.79 Å². The fourth-order valence-electron chi connectivity index (χ4n) is 2.53. The molecule has 6 heteroatoms. The molecule has 0 bridgehead atoms. The highest BCUT2D eigenvalue weighted by Crippen LogP contribution is 2.11. The van der Waals surface area contributed by atoms with E-state index in [0.717, 1.165) is 24.7 Å². The molecule has 2 aromatic rings. The van der Waals surface area contributed by atoms with Gasteiger partial charge in [-0.05, 0) is 29.7 Å². The molecule has 0 saturated heterocycles. The van der Waals surface area contributed by atoms with Crippen LogP contribution in [0.1, 0.15) is 45.2 Å². The molecule has 5 nitrogen and oxygen atoms in total. The number of esters is 1. The molecular formula is C20H22O5S. The van der Waals surface area contributed by atoms with E-state index in [1.807, 2.05) is 12.1 Å². The van der Waals surface area contributed by atoms with Crippen molar-refractivity contribution in [1.82, 2.24) is 0 Å². The first-order chi connectivity index (χ1) is 12.3. The van der Waals surface area contributed by atoms with Gasteiger partial charge in [-0.25, -0.2) is 13.2 Å². The van der Waals surface area contributed by atoms with Crippen molar-refractivity contribution in [1.29, 1.82) is 0 Å². The summed E-state index contributed by atoms with van der Waals surface area (Å²) in [6, 6.07) is 13.5. The molecule has 0 saturated carbocycles. The maximum Gasteiger partial charge on any atom is 0.338 e. The first kappa shape index (κ1) is 19.8. The highest BCUT2D eigenvalue weighted by Gasteiger charge is 2.13. The van der Waals surface area contributed by atoms with Crippen molar-refractivity contribution < 1.29 is 22.7 Å². The molecule has 0 unspecified atom stereocenters. The average Bonchev–Trinajstić information content (AvgIpc) is 2.59. The zero-order valence-electron chi connectivity index (χ0n) is 14.9. The average molecular weight is 374 g/mol. The van der Waals surface area contributed by atoms with Crippen LogP contribution in [-0.2, 0) is 26.7 Å². The van der Waals surface area contributed by atoms with Crippen molar-refractivity contribution in [2.45, 2.75) is 25.5 Å². The standard InChI is InChI=1S/C20H22O5S/c1-3-5-15-8-10-17(11-9-15)19(21)13-25-20(22)18-7-4-6-16(12-18)14-26(2,23)24/h4,6-12H,3,5,13-14H2,1-2H3. The van der Waals surface area contributed by atoms with E-state index in [0.29, 0.717) is 11.1 Å². The zero-order chi connectivity index (χ0) is 19.2. The minimum Gasteiger partial charge on any atom is -0.454 e. The summed E-state index contributed by atoms with van der Waals surface area (Å²) in [4.78, 5) is 24.3. The lowest BCUT2D eigenvalue weighted by Gasteiger charge is -2.07. The summed E-state index contributed by atoms with van der Waals surface area (Å²) in [5, 5.41) is 0. The SMILES string of the molecule is CCCc1ccc(C(=O)COC(=O)c2cccc(CS(C)(=O)=O)c2)cc1. The molecule has 2 rings (SSSR count). The van der Waals surface area contributed by atoms with Crippen molar-refractivity contribution in [3.63, 3.8) is 0 Å². The van der Waals surface area contributed by atoms with Gasteiger partial charge in [0, 0.05) is 11.8 Å². The van der Waals surface area contributed by atoms with Gasteiger partial charge in [-0.1, -0.05) is 49.7 Å². The summed E-state index contributed by atoms with van der Waals surface area (Å²) in [6.45, 7) is 1.73. The molecule has 0 radical (unpaired) electrons. The molecule has 0 aliphatic rings. The molecule has 0 aliphatic carbocycles. The summed E-state index contributed by atoms with van der Waals surface area (Å²) in [7, 11) is -3.20. The number of carbonyl (C=O) groups excluding carboxylic acids is 2. The monoisotopic (exact) mass is 374 g/mol. The topological polar surface area (TPSA) is 77.5 Å². The molecule has 0 amide bonds. The predicted molar refractivity (Wildman–Crippen MR) is 100 cm³/mol. The Bertz CT molecular complexity index is 883. The third-order valence-corrected chi connectivity index (χ3v) is 4.60. The third-order valence-electron chi connectivity index (χ3n) is 3.74. The van der Waals surface area contributed by atoms with Gasteiger partial charge >= 0.3 is 5.97 Å². The highest BCUT2D eigenvalue weighted by molar-refractivity contribution is 7.89. The Balaban J connectivity index is 1.97. The number of sulfone groups is 1. The Morgan fingerprint density at radius 2 is 1.65 bits per heavy atom. The van der Waals surface area contributed by atoms with Crippen LogP contribution in [0.5, 0.6) is 0 Å². The number of benzene rings is 2. The van der Waals surface area contributed by atoms with Crippen LogP contribution < -0.4 is 0 Å². The molecule has 0 atom stereocenters. The number of Topliss-reactive ketones (excluding diaryl/α,β-unsaturated/α-hetero) is 1. The van der Waals surface area contributed by atoms with Crippen LogP contribution in [0.15, 0.2) is 48.5 Å². The Labute approximate surface area is 153 Å². The minimum absolute atomic E-state index is 0.156. The van der Waals surface area contributed by atoms with Crippen LogP contribution in [0, 0.1) is 0 Å². The fraction of sp³-hybridized carbons (Fsp3) is 0.300. The number of carbonyl (C=O) groups is 2. The van der Waals surface area contributed by atoms with Gasteiger partial charge in [0.15, 0.2) is 22.2 Å². The molecule has 138 valence electrons. The highest BCUT2D eigenvalue weighted by atomic mass is 32.2. The van der Waals surface area contributed by atoms with Gasteiger partial charge in [-0.2, -0.15) is 0 Å². The van der Waals surface area contributed by atoms with Crippen LogP contribution in [0.25, 0.3) is 0 Å². The molecule has 0 N–H and O–H groups in total. The van der Waals surface area contributed by atoms with Gasteiger partial charge in [0.05, 0.1) is 11.3 Å². The van der Waals surface area contributed by atoms with Gasteiger partial charge < -0.3 is 4.74 Å². The van der Waals surface area contributed by atoms with Crippen LogP contribution in [-0.4, -0.2) is 33.0 Å². The molecule has 0 heterocycles. The normalized spacial score (nSPS) is 11.2. The van der Waals surface area contributed by atoms with Gasteiger partial charge in [-0.15, -0.1) is 0 Å². The smallest absolute Gasteiger partial charge is 0.338 e. The second-order valence-corrected chi connectivity index (χ2v) is 8.36. The van der Waals surface area contributed by atoms with Crippen LogP contribution in [0.2, 0.25) is 0 Å². The molecule has 2 aromatic carbocycles. The maximum absolute atomic E-state index is 12.1. The van der Waals surface area contributed by atoms with E-state index in [9.17, 15) is 18.0 Å². The van der Waals surface area contributed by atoms with E-state index in [-0.39, 0.29) is 23.7 Å². The second kappa shape index (κ2) is 8.76. The first-order valence-corrected chi connectivity index (χ1v) is 10.4. The van der Waals surface area contributed by atoms with Crippen LogP contribution >= 0.6 is 0 Å². The summed E-state index contributed by atoms with van der Waals surface area (Å²) < 4.78 is 27.8. The van der Waals surface area contributed by atoms with Gasteiger partial charge in [0.25, 0.3) is 0 Å². The number of ketones is 1. The van der Waals surface area contributed by atoms with Crippen molar-refractivity contribution in [3.05, 3.63) is 70.8 Å². The minimum atomic E-state index is -3.20. The Hall–Kier alpha value is -2.47. The van der Waals surface area contributed by atoms with E-state index in [2.05, 4.69) is 6.92 Å². The Morgan fingerprint density at radius 1 is 0.962 bits per heavy atom. The third kappa shape index (κ3) is 6.11. The summed E-state index contributed by atoms with van der Waals surface area (Å²) in [5.74, 6) is -1.10. The Morgan fingerprint density at radius 3 is 2.27 bits per heavy atom. The van der Waals surface area contributed by atoms with Gasteiger partial charge in [0.1, 0.15) is 0 Å². The fourth-order valence-corrected chi connectivity index (χ4v) is 3.32. The van der Waals surface area contributed by atoms with Crippen molar-refractivity contribution in [2.75, 3.05) is 12.9 Å². The zero-order valence-corrected chi connectivity index (χ0v) is 15.7. The van der Waals surface area contributed by atoms with E-state index < -0.39 is 15.8 Å². The van der Waals surface area contributed by atoms with E-state index in [4.69, 9.17) is 4.74 Å². The lowest BCUT2D eigenvalue weighted by Crippen LogP contribution is -2.14. The van der Waals surface area contributed by atoms with Gasteiger partial charge in [0.2, 0.25) is 0 Å². The molecule has 0 aromatic heterocycles. The number of hydrogen-bond acceptors (Lipinski definition) is 5. The van der Waals surface area contributed by atoms with Crippen molar-refractivity contribution in [2.24, 2.45) is 0 Å². The van der Waals surface area contributed by atoms with Crippen LogP contribution in [0.4, 0.5) is 0 Å². The molecule has 0 fully saturated rings. The van der Waals surface area contributed by atoms with Crippen molar-refractivity contribution in [3.8, 4) is 0 Å². The summed E-state index contributed by atoms with van der Waals surface area (Å²) in [6.07, 6.45) is 3.11. The number of rotatable bonds is 8. The molecule has 26 heavy (non-hydrogen) atoms. The van der Waals surface area contributed by atoms with Crippen molar-refractivity contribution >= 4 is 21.6 Å². The van der Waals surface area contributed by atoms with Crippen LogP contribution in [0.3, 0.4) is 0 Å². The molecule has 0 aliphatic heterocycles. The lowest BCUT2D eigenvalue weighted by atomic mass is 10.1. The number of ether oxygens (including phenoxy) is 1.